The van der Waals surface area contributed by atoms with Crippen molar-refractivity contribution in [2.45, 2.75) is 43.9 Å². The Morgan fingerprint density at radius 2 is 2.06 bits per heavy atom. The van der Waals surface area contributed by atoms with Crippen LogP contribution in [-0.4, -0.2) is 34.7 Å². The van der Waals surface area contributed by atoms with Crippen LogP contribution in [0.5, 0.6) is 0 Å². The van der Waals surface area contributed by atoms with Crippen LogP contribution in [-0.2, 0) is 0 Å². The summed E-state index contributed by atoms with van der Waals surface area (Å²) in [5.41, 5.74) is 0. The van der Waals surface area contributed by atoms with Crippen LogP contribution in [0.15, 0.2) is 4.52 Å². The summed E-state index contributed by atoms with van der Waals surface area (Å²) < 4.78 is 5.49. The Hall–Kier alpha value is -0.550. The minimum atomic E-state index is 0.431. The van der Waals surface area contributed by atoms with Gasteiger partial charge in [0.05, 0.1) is 5.92 Å². The summed E-state index contributed by atoms with van der Waals surface area (Å²) in [6.45, 7) is 2.11. The highest BCUT2D eigenvalue weighted by Gasteiger charge is 2.24. The molecule has 2 fully saturated rings. The first-order valence-electron chi connectivity index (χ1n) is 7.05. The lowest BCUT2D eigenvalue weighted by Crippen LogP contribution is -2.28. The van der Waals surface area contributed by atoms with Gasteiger partial charge in [0.25, 0.3) is 0 Å². The van der Waals surface area contributed by atoms with Gasteiger partial charge in [-0.25, -0.2) is 0 Å². The van der Waals surface area contributed by atoms with Crippen molar-refractivity contribution in [1.82, 2.24) is 15.5 Å². The number of piperidine rings is 1. The predicted octanol–water partition coefficient (Wildman–Crippen LogP) is 2.54. The number of rotatable bonds is 2. The molecule has 4 nitrogen and oxygen atoms in total. The molecule has 3 rings (SSSR count). The molecule has 0 bridgehead atoms. The normalized spacial score (nSPS) is 30.0. The molecule has 1 N–H and O–H groups in total. The van der Waals surface area contributed by atoms with E-state index in [0.717, 1.165) is 24.8 Å². The lowest BCUT2D eigenvalue weighted by molar-refractivity contribution is 0.318. The third-order valence-corrected chi connectivity index (χ3v) is 5.02. The third kappa shape index (κ3) is 2.88. The van der Waals surface area contributed by atoms with Gasteiger partial charge in [0.2, 0.25) is 5.89 Å². The lowest BCUT2D eigenvalue weighted by Gasteiger charge is -2.18. The molecule has 1 aromatic rings. The maximum Gasteiger partial charge on any atom is 0.231 e. The van der Waals surface area contributed by atoms with E-state index >= 15 is 0 Å². The lowest BCUT2D eigenvalue weighted by atomic mass is 9.98. The molecule has 0 spiro atoms. The molecule has 2 aliphatic heterocycles. The first kappa shape index (κ1) is 12.5. The molecule has 2 aliphatic rings. The zero-order valence-electron chi connectivity index (χ0n) is 10.7. The quantitative estimate of drug-likeness (QED) is 0.892. The summed E-state index contributed by atoms with van der Waals surface area (Å²) in [5, 5.41) is 7.63. The molecule has 0 aromatic carbocycles. The van der Waals surface area contributed by atoms with Gasteiger partial charge in [-0.1, -0.05) is 5.16 Å². The van der Waals surface area contributed by atoms with Crippen molar-refractivity contribution in [3.63, 3.8) is 0 Å². The highest BCUT2D eigenvalue weighted by atomic mass is 32.2. The number of hydrogen-bond acceptors (Lipinski definition) is 5. The summed E-state index contributed by atoms with van der Waals surface area (Å²) >= 11 is 2.05. The molecule has 2 saturated heterocycles. The summed E-state index contributed by atoms with van der Waals surface area (Å²) in [6.07, 6.45) is 6.09. The minimum absolute atomic E-state index is 0.431. The monoisotopic (exact) mass is 267 g/mol. The Bertz CT molecular complexity index is 368. The van der Waals surface area contributed by atoms with Gasteiger partial charge in [-0.3, -0.25) is 0 Å². The Kier molecular flexibility index (Phi) is 4.20. The maximum absolute atomic E-state index is 5.49. The average Bonchev–Trinajstić information content (AvgIpc) is 2.76. The SMILES string of the molecule is C1CSCC[C@H](c2noc([C@H]3CCCNC3)n2)C1. The van der Waals surface area contributed by atoms with Crippen LogP contribution in [0.2, 0.25) is 0 Å². The Morgan fingerprint density at radius 1 is 1.11 bits per heavy atom. The number of thioether (sulfide) groups is 1. The first-order chi connectivity index (χ1) is 8.93. The first-order valence-corrected chi connectivity index (χ1v) is 8.21. The van der Waals surface area contributed by atoms with Crippen molar-refractivity contribution in [3.05, 3.63) is 11.7 Å². The van der Waals surface area contributed by atoms with Gasteiger partial charge in [-0.2, -0.15) is 16.7 Å². The van der Waals surface area contributed by atoms with Crippen molar-refractivity contribution in [1.29, 1.82) is 0 Å². The fourth-order valence-corrected chi connectivity index (χ4v) is 3.83. The van der Waals surface area contributed by atoms with Crippen molar-refractivity contribution >= 4 is 11.8 Å². The number of aromatic nitrogens is 2. The largest absolute Gasteiger partial charge is 0.339 e. The van der Waals surface area contributed by atoms with Crippen molar-refractivity contribution in [3.8, 4) is 0 Å². The summed E-state index contributed by atoms with van der Waals surface area (Å²) in [7, 11) is 0. The van der Waals surface area contributed by atoms with Crippen molar-refractivity contribution < 1.29 is 4.52 Å². The summed E-state index contributed by atoms with van der Waals surface area (Å²) in [4.78, 5) is 4.67. The standard InChI is InChI=1S/C13H21N3OS/c1-3-11(9-14-6-1)13-15-12(16-17-13)10-4-2-7-18-8-5-10/h10-11,14H,1-9H2/t10-,11+/m1/s1. The molecule has 0 amide bonds. The smallest absolute Gasteiger partial charge is 0.231 e. The highest BCUT2D eigenvalue weighted by molar-refractivity contribution is 7.99. The van der Waals surface area contributed by atoms with E-state index in [4.69, 9.17) is 4.52 Å². The number of hydrogen-bond donors (Lipinski definition) is 1. The summed E-state index contributed by atoms with van der Waals surface area (Å²) in [5.74, 6) is 5.29. The second kappa shape index (κ2) is 6.06. The fraction of sp³-hybridized carbons (Fsp3) is 0.846. The van der Waals surface area contributed by atoms with Gasteiger partial charge in [0.1, 0.15) is 0 Å². The van der Waals surface area contributed by atoms with Gasteiger partial charge >= 0.3 is 0 Å². The molecule has 0 unspecified atom stereocenters. The predicted molar refractivity (Wildman–Crippen MR) is 73.1 cm³/mol. The van der Waals surface area contributed by atoms with Crippen LogP contribution in [0, 0.1) is 0 Å². The second-order valence-corrected chi connectivity index (χ2v) is 6.50. The molecule has 18 heavy (non-hydrogen) atoms. The van der Waals surface area contributed by atoms with Gasteiger partial charge in [-0.15, -0.1) is 0 Å². The average molecular weight is 267 g/mol. The molecule has 0 saturated carbocycles. The number of nitrogens with zero attached hydrogens (tertiary/aromatic N) is 2. The molecule has 0 aliphatic carbocycles. The molecule has 1 aromatic heterocycles. The molecule has 2 atom stereocenters. The Labute approximate surface area is 112 Å². The Morgan fingerprint density at radius 3 is 2.94 bits per heavy atom. The summed E-state index contributed by atoms with van der Waals surface area (Å²) in [6, 6.07) is 0. The van der Waals surface area contributed by atoms with Crippen molar-refractivity contribution in [2.75, 3.05) is 24.6 Å². The Balaban J connectivity index is 1.67. The maximum atomic E-state index is 5.49. The van der Waals surface area contributed by atoms with Crippen molar-refractivity contribution in [2.24, 2.45) is 0 Å². The molecule has 3 heterocycles. The van der Waals surface area contributed by atoms with Gasteiger partial charge in [0, 0.05) is 12.5 Å². The van der Waals surface area contributed by atoms with Crippen LogP contribution < -0.4 is 5.32 Å². The van der Waals surface area contributed by atoms with E-state index in [1.807, 2.05) is 0 Å². The van der Waals surface area contributed by atoms with E-state index in [2.05, 4.69) is 27.2 Å². The van der Waals surface area contributed by atoms with Gasteiger partial charge in [-0.05, 0) is 50.2 Å². The van der Waals surface area contributed by atoms with E-state index in [9.17, 15) is 0 Å². The molecule has 5 heteroatoms. The van der Waals surface area contributed by atoms with E-state index < -0.39 is 0 Å². The third-order valence-electron chi connectivity index (χ3n) is 3.92. The zero-order valence-corrected chi connectivity index (χ0v) is 11.5. The molecule has 0 radical (unpaired) electrons. The fourth-order valence-electron chi connectivity index (χ4n) is 2.80. The molecular formula is C13H21N3OS. The van der Waals surface area contributed by atoms with Crippen LogP contribution in [0.1, 0.15) is 55.7 Å². The zero-order chi connectivity index (χ0) is 12.2. The molecule has 100 valence electrons. The van der Waals surface area contributed by atoms with E-state index in [0.29, 0.717) is 11.8 Å². The van der Waals surface area contributed by atoms with E-state index in [1.54, 1.807) is 0 Å². The van der Waals surface area contributed by atoms with E-state index in [1.165, 1.54) is 43.6 Å². The number of nitrogens with one attached hydrogen (secondary N) is 1. The second-order valence-electron chi connectivity index (χ2n) is 5.27. The van der Waals surface area contributed by atoms with Gasteiger partial charge < -0.3 is 9.84 Å². The van der Waals surface area contributed by atoms with Gasteiger partial charge in [0.15, 0.2) is 5.82 Å². The highest BCUT2D eigenvalue weighted by Crippen LogP contribution is 2.30. The van der Waals surface area contributed by atoms with E-state index in [-0.39, 0.29) is 0 Å². The van der Waals surface area contributed by atoms with Crippen LogP contribution in [0.3, 0.4) is 0 Å². The molecular weight excluding hydrogens is 246 g/mol. The van der Waals surface area contributed by atoms with Crippen LogP contribution in [0.25, 0.3) is 0 Å². The minimum Gasteiger partial charge on any atom is -0.339 e. The van der Waals surface area contributed by atoms with Crippen LogP contribution >= 0.6 is 11.8 Å². The topological polar surface area (TPSA) is 51.0 Å². The van der Waals surface area contributed by atoms with Crippen LogP contribution in [0.4, 0.5) is 0 Å².